The Balaban J connectivity index is 1.54. The molecule has 226 valence electrons. The average Bonchev–Trinajstić information content (AvgIpc) is 3.34. The lowest BCUT2D eigenvalue weighted by Crippen LogP contribution is -2.53. The number of hydrogen-bond acceptors (Lipinski definition) is 5. The Morgan fingerprint density at radius 2 is 1.59 bits per heavy atom. The van der Waals surface area contributed by atoms with Gasteiger partial charge in [-0.3, -0.25) is 19.3 Å². The molecule has 0 radical (unpaired) electrons. The Kier molecular flexibility index (Phi) is 8.31. The molecule has 1 fully saturated rings. The van der Waals surface area contributed by atoms with Gasteiger partial charge in [0.05, 0.1) is 22.4 Å². The van der Waals surface area contributed by atoms with Crippen LogP contribution in [0.2, 0.25) is 0 Å². The van der Waals surface area contributed by atoms with Crippen LogP contribution in [0.25, 0.3) is 16.9 Å². The van der Waals surface area contributed by atoms with E-state index >= 15 is 0 Å². The number of aryl methyl sites for hydroxylation is 2. The second kappa shape index (κ2) is 12.3. The first kappa shape index (κ1) is 29.7. The van der Waals surface area contributed by atoms with Gasteiger partial charge in [-0.1, -0.05) is 72.3 Å². The van der Waals surface area contributed by atoms with Crippen LogP contribution in [0.4, 0.5) is 5.82 Å². The topological polar surface area (TPSA) is 78.8 Å². The van der Waals surface area contributed by atoms with Crippen molar-refractivity contribution in [2.45, 2.75) is 32.9 Å². The van der Waals surface area contributed by atoms with E-state index in [9.17, 15) is 14.4 Å². The number of fused-ring (bicyclic) bond motifs is 1. The Hall–Kier alpha value is -4.37. The van der Waals surface area contributed by atoms with Crippen LogP contribution in [0.15, 0.2) is 72.8 Å². The number of amides is 3. The predicted molar refractivity (Wildman–Crippen MR) is 175 cm³/mol. The lowest BCUT2D eigenvalue weighted by molar-refractivity contribution is -0.137. The predicted octanol–water partition coefficient (Wildman–Crippen LogP) is 5.32. The van der Waals surface area contributed by atoms with Gasteiger partial charge in [0, 0.05) is 44.2 Å². The summed E-state index contributed by atoms with van der Waals surface area (Å²) in [5, 5.41) is 5.07. The van der Waals surface area contributed by atoms with Crippen molar-refractivity contribution in [2.75, 3.05) is 43.4 Å². The van der Waals surface area contributed by atoms with Crippen molar-refractivity contribution in [2.24, 2.45) is 0 Å². The molecule has 0 aliphatic carbocycles. The van der Waals surface area contributed by atoms with Crippen molar-refractivity contribution in [1.29, 1.82) is 0 Å². The van der Waals surface area contributed by atoms with Gasteiger partial charge in [0.2, 0.25) is 17.7 Å². The number of hydrogen-bond donors (Lipinski definition) is 0. The average molecular weight is 608 g/mol. The van der Waals surface area contributed by atoms with Crippen LogP contribution in [-0.4, -0.2) is 75.8 Å². The van der Waals surface area contributed by atoms with E-state index in [1.165, 1.54) is 0 Å². The minimum Gasteiger partial charge on any atom is -0.339 e. The lowest BCUT2D eigenvalue weighted by atomic mass is 9.98. The molecule has 44 heavy (non-hydrogen) atoms. The van der Waals surface area contributed by atoms with E-state index in [0.717, 1.165) is 44.8 Å². The van der Waals surface area contributed by atoms with E-state index in [0.29, 0.717) is 32.0 Å². The Morgan fingerprint density at radius 1 is 0.886 bits per heavy atom. The first-order chi connectivity index (χ1) is 21.2. The highest BCUT2D eigenvalue weighted by atomic mass is 32.2. The molecule has 0 spiro atoms. The van der Waals surface area contributed by atoms with Gasteiger partial charge in [-0.15, -0.1) is 11.8 Å². The molecule has 3 heterocycles. The normalized spacial score (nSPS) is 17.0. The van der Waals surface area contributed by atoms with Crippen molar-refractivity contribution < 1.29 is 14.4 Å². The number of piperazine rings is 1. The second-order valence-electron chi connectivity index (χ2n) is 11.6. The molecule has 2 aliphatic heterocycles. The van der Waals surface area contributed by atoms with Crippen LogP contribution in [0.1, 0.15) is 40.0 Å². The molecule has 4 aromatic rings. The number of carbonyl (C=O) groups is 3. The van der Waals surface area contributed by atoms with E-state index in [2.05, 4.69) is 51.1 Å². The molecule has 6 rings (SSSR count). The zero-order chi connectivity index (χ0) is 31.0. The number of rotatable bonds is 5. The highest BCUT2D eigenvalue weighted by Gasteiger charge is 2.38. The summed E-state index contributed by atoms with van der Waals surface area (Å²) >= 11 is 1.58. The van der Waals surface area contributed by atoms with Gasteiger partial charge in [0.1, 0.15) is 12.4 Å². The van der Waals surface area contributed by atoms with E-state index in [1.807, 2.05) is 47.1 Å². The van der Waals surface area contributed by atoms with Crippen LogP contribution in [0, 0.1) is 20.8 Å². The van der Waals surface area contributed by atoms with Gasteiger partial charge in [0.25, 0.3) is 0 Å². The van der Waals surface area contributed by atoms with Gasteiger partial charge >= 0.3 is 0 Å². The van der Waals surface area contributed by atoms with Crippen molar-refractivity contribution in [3.05, 3.63) is 101 Å². The maximum atomic E-state index is 14.1. The third-order valence-corrected chi connectivity index (χ3v) is 9.91. The summed E-state index contributed by atoms with van der Waals surface area (Å²) in [5.41, 5.74) is 7.95. The summed E-state index contributed by atoms with van der Waals surface area (Å²) in [6.45, 7) is 9.53. The summed E-state index contributed by atoms with van der Waals surface area (Å²) < 4.78 is 1.88. The molecule has 1 aromatic heterocycles. The zero-order valence-electron chi connectivity index (χ0n) is 25.6. The molecule has 0 N–H and O–H groups in total. The van der Waals surface area contributed by atoms with Gasteiger partial charge in [-0.2, -0.15) is 5.10 Å². The van der Waals surface area contributed by atoms with E-state index in [4.69, 9.17) is 5.10 Å². The summed E-state index contributed by atoms with van der Waals surface area (Å²) in [4.78, 5) is 45.0. The van der Waals surface area contributed by atoms with Gasteiger partial charge < -0.3 is 9.80 Å². The molecule has 3 aromatic carbocycles. The third kappa shape index (κ3) is 5.64. The van der Waals surface area contributed by atoms with E-state index < -0.39 is 0 Å². The molecule has 0 saturated carbocycles. The second-order valence-corrected chi connectivity index (χ2v) is 12.6. The third-order valence-electron chi connectivity index (χ3n) is 8.66. The SMILES string of the molecule is CC(=O)N1CCN(C(=O)CN2C(=O)CS[C@@H](c3cccc(C)c3)c3c(-c4ccccc4)nn(-c4cccc(C)c4C)c32)CC1. The molecule has 3 amide bonds. The fourth-order valence-corrected chi connectivity index (χ4v) is 7.25. The summed E-state index contributed by atoms with van der Waals surface area (Å²) in [6, 6.07) is 24.6. The lowest BCUT2D eigenvalue weighted by Gasteiger charge is -2.35. The zero-order valence-corrected chi connectivity index (χ0v) is 26.4. The molecule has 1 saturated heterocycles. The molecule has 1 atom stereocenters. The van der Waals surface area contributed by atoms with Crippen molar-refractivity contribution in [3.8, 4) is 16.9 Å². The number of benzene rings is 3. The van der Waals surface area contributed by atoms with Crippen molar-refractivity contribution in [1.82, 2.24) is 19.6 Å². The summed E-state index contributed by atoms with van der Waals surface area (Å²) in [5.74, 6) is 0.596. The molecular formula is C35H37N5O3S. The van der Waals surface area contributed by atoms with Crippen LogP contribution in [0.3, 0.4) is 0 Å². The highest BCUT2D eigenvalue weighted by molar-refractivity contribution is 8.00. The van der Waals surface area contributed by atoms with Crippen LogP contribution < -0.4 is 4.90 Å². The fourth-order valence-electron chi connectivity index (χ4n) is 6.06. The number of thioether (sulfide) groups is 1. The van der Waals surface area contributed by atoms with E-state index in [1.54, 1.807) is 33.4 Å². The number of nitrogens with zero attached hydrogens (tertiary/aromatic N) is 5. The summed E-state index contributed by atoms with van der Waals surface area (Å²) in [7, 11) is 0. The minimum absolute atomic E-state index is 0.00881. The van der Waals surface area contributed by atoms with Crippen molar-refractivity contribution >= 4 is 35.3 Å². The maximum absolute atomic E-state index is 14.1. The standard InChI is InChI=1S/C35H37N5O3S/c1-23-10-8-14-28(20-23)34-32-33(27-12-6-5-7-13-27)36-40(29-15-9-11-24(2)25(29)3)35(32)39(31(43)22-44-34)21-30(42)38-18-16-37(17-19-38)26(4)41/h5-15,20,34H,16-19,21-22H2,1-4H3/t34-/m0/s1. The van der Waals surface area contributed by atoms with E-state index in [-0.39, 0.29) is 35.3 Å². The fraction of sp³-hybridized carbons (Fsp3) is 0.314. The highest BCUT2D eigenvalue weighted by Crippen LogP contribution is 2.49. The Morgan fingerprint density at radius 3 is 2.30 bits per heavy atom. The van der Waals surface area contributed by atoms with Gasteiger partial charge in [0.15, 0.2) is 0 Å². The molecule has 8 nitrogen and oxygen atoms in total. The first-order valence-electron chi connectivity index (χ1n) is 15.0. The quantitative estimate of drug-likeness (QED) is 0.307. The largest absolute Gasteiger partial charge is 0.339 e. The molecule has 0 bridgehead atoms. The number of aromatic nitrogens is 2. The van der Waals surface area contributed by atoms with Crippen molar-refractivity contribution in [3.63, 3.8) is 0 Å². The number of carbonyl (C=O) groups excluding carboxylic acids is 3. The maximum Gasteiger partial charge on any atom is 0.242 e. The number of anilines is 1. The summed E-state index contributed by atoms with van der Waals surface area (Å²) in [6.07, 6.45) is 0. The molecule has 2 aliphatic rings. The first-order valence-corrected chi connectivity index (χ1v) is 16.0. The molecule has 9 heteroatoms. The Labute approximate surface area is 262 Å². The smallest absolute Gasteiger partial charge is 0.242 e. The van der Waals surface area contributed by atoms with Crippen LogP contribution in [0.5, 0.6) is 0 Å². The molecule has 0 unspecified atom stereocenters. The minimum atomic E-state index is -0.179. The Bertz CT molecular complexity index is 1730. The van der Waals surface area contributed by atoms with Gasteiger partial charge in [-0.05, 0) is 43.5 Å². The molecular weight excluding hydrogens is 570 g/mol. The monoisotopic (exact) mass is 607 g/mol. The van der Waals surface area contributed by atoms with Crippen LogP contribution in [-0.2, 0) is 14.4 Å². The van der Waals surface area contributed by atoms with Crippen LogP contribution >= 0.6 is 11.8 Å². The van der Waals surface area contributed by atoms with Gasteiger partial charge in [-0.25, -0.2) is 4.68 Å².